The molecule has 1 aromatic heterocycles. The maximum atomic E-state index is 12.3. The number of nitrogens with zero attached hydrogens (tertiary/aromatic N) is 1. The topological polar surface area (TPSA) is 64.4 Å². The normalized spacial score (nSPS) is 19.9. The fourth-order valence-electron chi connectivity index (χ4n) is 3.91. The molecule has 5 nitrogen and oxygen atoms in total. The summed E-state index contributed by atoms with van der Waals surface area (Å²) in [5, 5.41) is 7.36. The summed E-state index contributed by atoms with van der Waals surface area (Å²) < 4.78 is 11.1. The highest BCUT2D eigenvalue weighted by Gasteiger charge is 2.48. The molecule has 0 radical (unpaired) electrons. The van der Waals surface area contributed by atoms with Crippen LogP contribution in [0.3, 0.4) is 0 Å². The van der Waals surface area contributed by atoms with Crippen LogP contribution in [-0.4, -0.2) is 23.7 Å². The molecule has 0 spiro atoms. The Kier molecular flexibility index (Phi) is 5.38. The second-order valence-corrected chi connectivity index (χ2v) is 8.23. The zero-order valence-electron chi connectivity index (χ0n) is 16.8. The van der Waals surface area contributed by atoms with Gasteiger partial charge in [0, 0.05) is 17.7 Å². The minimum absolute atomic E-state index is 0.00569. The van der Waals surface area contributed by atoms with Gasteiger partial charge in [-0.2, -0.15) is 0 Å². The van der Waals surface area contributed by atoms with Crippen LogP contribution in [0.15, 0.2) is 71.3 Å². The first-order chi connectivity index (χ1) is 14.0. The van der Waals surface area contributed by atoms with Crippen LogP contribution in [0.25, 0.3) is 11.3 Å². The third-order valence-electron chi connectivity index (χ3n) is 5.99. The minimum atomic E-state index is -0.0850. The molecule has 0 aliphatic heterocycles. The molecule has 1 saturated carbocycles. The Morgan fingerprint density at radius 3 is 2.52 bits per heavy atom. The van der Waals surface area contributed by atoms with Crippen LogP contribution >= 0.6 is 0 Å². The van der Waals surface area contributed by atoms with E-state index in [4.69, 9.17) is 9.26 Å². The van der Waals surface area contributed by atoms with Crippen LogP contribution in [-0.2, 0) is 11.2 Å². The van der Waals surface area contributed by atoms with E-state index in [0.29, 0.717) is 11.7 Å². The summed E-state index contributed by atoms with van der Waals surface area (Å²) in [5.74, 6) is 1.85. The maximum absolute atomic E-state index is 12.3. The zero-order valence-corrected chi connectivity index (χ0v) is 16.8. The molecule has 1 fully saturated rings. The maximum Gasteiger partial charge on any atom is 0.258 e. The Balaban J connectivity index is 1.29. The molecule has 2 atom stereocenters. The lowest BCUT2D eigenvalue weighted by molar-refractivity contribution is -0.127. The number of hydrogen-bond donors (Lipinski definition) is 1. The highest BCUT2D eigenvalue weighted by molar-refractivity contribution is 5.78. The van der Waals surface area contributed by atoms with Crippen molar-refractivity contribution in [2.24, 2.45) is 11.3 Å². The predicted octanol–water partition coefficient (Wildman–Crippen LogP) is 4.49. The van der Waals surface area contributed by atoms with Crippen LogP contribution < -0.4 is 10.1 Å². The fraction of sp³-hybridized carbons (Fsp3) is 0.333. The molecule has 1 N–H and O–H groups in total. The Bertz CT molecular complexity index is 951. The molecule has 1 aliphatic rings. The zero-order chi connectivity index (χ0) is 20.3. The Morgan fingerprint density at radius 1 is 1.14 bits per heavy atom. The first-order valence-corrected chi connectivity index (χ1v) is 10.0. The summed E-state index contributed by atoms with van der Waals surface area (Å²) in [7, 11) is 0. The van der Waals surface area contributed by atoms with E-state index in [1.165, 1.54) is 0 Å². The van der Waals surface area contributed by atoms with Gasteiger partial charge in [-0.25, -0.2) is 0 Å². The van der Waals surface area contributed by atoms with Crippen molar-refractivity contribution in [3.8, 4) is 17.1 Å². The summed E-state index contributed by atoms with van der Waals surface area (Å²) in [5.41, 5.74) is 1.98. The number of benzene rings is 2. The monoisotopic (exact) mass is 390 g/mol. The molecule has 3 aromatic rings. The molecule has 4 rings (SSSR count). The Hall–Kier alpha value is -3.08. The van der Waals surface area contributed by atoms with Gasteiger partial charge in [0.2, 0.25) is 0 Å². The van der Waals surface area contributed by atoms with Gasteiger partial charge in [0.15, 0.2) is 12.4 Å². The van der Waals surface area contributed by atoms with Crippen molar-refractivity contribution in [1.82, 2.24) is 10.5 Å². The van der Waals surface area contributed by atoms with Crippen LogP contribution in [0, 0.1) is 11.3 Å². The van der Waals surface area contributed by atoms with Crippen molar-refractivity contribution >= 4 is 5.91 Å². The number of ether oxygens (including phenoxy) is 1. The Labute approximate surface area is 171 Å². The number of para-hydroxylation sites is 1. The molecule has 1 aliphatic carbocycles. The molecule has 0 saturated heterocycles. The van der Waals surface area contributed by atoms with E-state index in [1.54, 1.807) is 0 Å². The van der Waals surface area contributed by atoms with E-state index in [2.05, 4.69) is 24.3 Å². The summed E-state index contributed by atoms with van der Waals surface area (Å²) in [4.78, 5) is 12.3. The van der Waals surface area contributed by atoms with Gasteiger partial charge >= 0.3 is 0 Å². The number of amides is 1. The lowest BCUT2D eigenvalue weighted by Crippen LogP contribution is -2.59. The van der Waals surface area contributed by atoms with Crippen molar-refractivity contribution in [2.75, 3.05) is 6.61 Å². The van der Waals surface area contributed by atoms with E-state index in [-0.39, 0.29) is 24.0 Å². The standard InChI is InChI=1S/C24H26N2O3/c1-24(2)18(13-19-15-21(29-26-19)17-9-5-3-6-10-17)14-22(24)25-23(27)16-28-20-11-7-4-8-12-20/h3-12,15,18,22H,13-14,16H2,1-2H3,(H,25,27). The molecule has 150 valence electrons. The van der Waals surface area contributed by atoms with Gasteiger partial charge in [-0.1, -0.05) is 67.5 Å². The van der Waals surface area contributed by atoms with Crippen molar-refractivity contribution in [3.05, 3.63) is 72.4 Å². The van der Waals surface area contributed by atoms with E-state index >= 15 is 0 Å². The largest absolute Gasteiger partial charge is 0.484 e. The van der Waals surface area contributed by atoms with Crippen LogP contribution in [0.2, 0.25) is 0 Å². The number of carbonyl (C=O) groups excluding carboxylic acids is 1. The number of aromatic nitrogens is 1. The highest BCUT2D eigenvalue weighted by atomic mass is 16.5. The van der Waals surface area contributed by atoms with Crippen LogP contribution in [0.5, 0.6) is 5.75 Å². The third kappa shape index (κ3) is 4.34. The number of rotatable bonds is 7. The number of carbonyl (C=O) groups is 1. The molecule has 2 aromatic carbocycles. The number of hydrogen-bond acceptors (Lipinski definition) is 4. The van der Waals surface area contributed by atoms with Crippen molar-refractivity contribution < 1.29 is 14.1 Å². The SMILES string of the molecule is CC1(C)C(Cc2cc(-c3ccccc3)on2)CC1NC(=O)COc1ccccc1. The van der Waals surface area contributed by atoms with Gasteiger partial charge < -0.3 is 14.6 Å². The van der Waals surface area contributed by atoms with Crippen molar-refractivity contribution in [3.63, 3.8) is 0 Å². The molecule has 2 unspecified atom stereocenters. The van der Waals surface area contributed by atoms with Gasteiger partial charge in [0.25, 0.3) is 5.91 Å². The lowest BCUT2D eigenvalue weighted by Gasteiger charge is -2.52. The van der Waals surface area contributed by atoms with E-state index < -0.39 is 0 Å². The number of nitrogens with one attached hydrogen (secondary N) is 1. The quantitative estimate of drug-likeness (QED) is 0.645. The highest BCUT2D eigenvalue weighted by Crippen LogP contribution is 2.47. The van der Waals surface area contributed by atoms with Gasteiger partial charge in [-0.15, -0.1) is 0 Å². The molecule has 0 bridgehead atoms. The molecule has 29 heavy (non-hydrogen) atoms. The third-order valence-corrected chi connectivity index (χ3v) is 5.99. The van der Waals surface area contributed by atoms with Gasteiger partial charge in [-0.05, 0) is 36.3 Å². The van der Waals surface area contributed by atoms with E-state index in [1.807, 2.05) is 66.7 Å². The van der Waals surface area contributed by atoms with E-state index in [0.717, 1.165) is 29.9 Å². The van der Waals surface area contributed by atoms with Gasteiger partial charge in [-0.3, -0.25) is 4.79 Å². The molecule has 1 heterocycles. The average molecular weight is 390 g/mol. The van der Waals surface area contributed by atoms with Gasteiger partial charge in [0.05, 0.1) is 5.69 Å². The van der Waals surface area contributed by atoms with Crippen molar-refractivity contribution in [2.45, 2.75) is 32.7 Å². The molecule has 5 heteroatoms. The average Bonchev–Trinajstić information content (AvgIpc) is 3.22. The summed E-state index contributed by atoms with van der Waals surface area (Å²) in [6.45, 7) is 4.43. The van der Waals surface area contributed by atoms with Crippen LogP contribution in [0.4, 0.5) is 0 Å². The first-order valence-electron chi connectivity index (χ1n) is 10.0. The Morgan fingerprint density at radius 2 is 1.83 bits per heavy atom. The smallest absolute Gasteiger partial charge is 0.258 e. The molecule has 1 amide bonds. The summed E-state index contributed by atoms with van der Waals surface area (Å²) in [6, 6.07) is 21.5. The molecular formula is C24H26N2O3. The fourth-order valence-corrected chi connectivity index (χ4v) is 3.91. The van der Waals surface area contributed by atoms with Crippen LogP contribution in [0.1, 0.15) is 26.0 Å². The van der Waals surface area contributed by atoms with Crippen molar-refractivity contribution in [1.29, 1.82) is 0 Å². The summed E-state index contributed by atoms with van der Waals surface area (Å²) in [6.07, 6.45) is 1.77. The first kappa shape index (κ1) is 19.2. The molecular weight excluding hydrogens is 364 g/mol. The second-order valence-electron chi connectivity index (χ2n) is 8.23. The van der Waals surface area contributed by atoms with E-state index in [9.17, 15) is 4.79 Å². The van der Waals surface area contributed by atoms with Gasteiger partial charge in [0.1, 0.15) is 5.75 Å². The second kappa shape index (κ2) is 8.11. The lowest BCUT2D eigenvalue weighted by atomic mass is 9.57. The summed E-state index contributed by atoms with van der Waals surface area (Å²) >= 11 is 0. The minimum Gasteiger partial charge on any atom is -0.484 e. The predicted molar refractivity (Wildman–Crippen MR) is 111 cm³/mol.